The van der Waals surface area contributed by atoms with Gasteiger partial charge in [0.1, 0.15) is 29.9 Å². The first-order chi connectivity index (χ1) is 15.4. The molecular weight excluding hydrogens is 478 g/mol. The van der Waals surface area contributed by atoms with E-state index in [0.717, 1.165) is 11.3 Å². The third-order valence-corrected chi connectivity index (χ3v) is 7.56. The maximum atomic E-state index is 12.8. The van der Waals surface area contributed by atoms with Gasteiger partial charge < -0.3 is 26.0 Å². The van der Waals surface area contributed by atoms with Gasteiger partial charge in [0.25, 0.3) is 11.8 Å². The lowest BCUT2D eigenvalue weighted by Crippen LogP contribution is -2.71. The number of rotatable bonds is 8. The minimum Gasteiger partial charge on any atom is -0.477 e. The van der Waals surface area contributed by atoms with Crippen molar-refractivity contribution in [1.82, 2.24) is 25.2 Å². The highest BCUT2D eigenvalue weighted by molar-refractivity contribution is 8.01. The number of hydrogen-bond donors (Lipinski definition) is 4. The Hall–Kier alpha value is -3.04. The van der Waals surface area contributed by atoms with Crippen LogP contribution in [0.5, 0.6) is 0 Å². The normalized spacial score (nSPS) is 20.6. The van der Waals surface area contributed by atoms with Crippen LogP contribution in [0.2, 0.25) is 0 Å². The number of aliphatic carboxylic acids is 1. The van der Waals surface area contributed by atoms with Gasteiger partial charge in [-0.15, -0.1) is 23.1 Å². The van der Waals surface area contributed by atoms with Crippen molar-refractivity contribution in [2.45, 2.75) is 16.6 Å². The lowest BCUT2D eigenvalue weighted by Gasteiger charge is -2.49. The monoisotopic (exact) mass is 495 g/mol. The molecule has 1 fully saturated rings. The van der Waals surface area contributed by atoms with Crippen LogP contribution in [0, 0.1) is 0 Å². The molecule has 1 saturated heterocycles. The van der Waals surface area contributed by atoms with Crippen LogP contribution in [0.4, 0.5) is 5.13 Å². The van der Waals surface area contributed by atoms with Crippen molar-refractivity contribution in [3.63, 3.8) is 0 Å². The fraction of sp³-hybridized carbons (Fsp3) is 0.294. The SMILES string of the molecule is CON=C(C(=O)N[C@@H]1C(=O)N2C(C(=O)O)=C(CSc3ncc[nH]3)CS[C@@H]12)c1csc(N)n1. The number of imidazole rings is 1. The Balaban J connectivity index is 1.49. The Labute approximate surface area is 193 Å². The average molecular weight is 496 g/mol. The highest BCUT2D eigenvalue weighted by Crippen LogP contribution is 2.41. The molecule has 0 bridgehead atoms. The lowest BCUT2D eigenvalue weighted by atomic mass is 10.0. The summed E-state index contributed by atoms with van der Waals surface area (Å²) in [7, 11) is 1.28. The van der Waals surface area contributed by atoms with E-state index in [-0.39, 0.29) is 22.2 Å². The maximum absolute atomic E-state index is 12.8. The lowest BCUT2D eigenvalue weighted by molar-refractivity contribution is -0.150. The topological polar surface area (TPSA) is 176 Å². The minimum absolute atomic E-state index is 0.0543. The van der Waals surface area contributed by atoms with Crippen LogP contribution >= 0.6 is 34.9 Å². The van der Waals surface area contributed by atoms with Gasteiger partial charge in [0, 0.05) is 29.3 Å². The second-order valence-electron chi connectivity index (χ2n) is 6.49. The molecule has 4 rings (SSSR count). The number of hydrogen-bond acceptors (Lipinski definition) is 11. The van der Waals surface area contributed by atoms with Crippen molar-refractivity contribution in [2.24, 2.45) is 5.16 Å². The first-order valence-electron chi connectivity index (χ1n) is 9.06. The quantitative estimate of drug-likeness (QED) is 0.173. The van der Waals surface area contributed by atoms with E-state index in [9.17, 15) is 19.5 Å². The zero-order valence-electron chi connectivity index (χ0n) is 16.5. The number of carboxylic acids is 1. The summed E-state index contributed by atoms with van der Waals surface area (Å²) in [4.78, 5) is 54.5. The van der Waals surface area contributed by atoms with E-state index in [0.29, 0.717) is 22.2 Å². The molecule has 0 aromatic carbocycles. The van der Waals surface area contributed by atoms with Crippen LogP contribution in [-0.2, 0) is 19.2 Å². The van der Waals surface area contributed by atoms with E-state index < -0.39 is 29.2 Å². The zero-order chi connectivity index (χ0) is 22.8. The van der Waals surface area contributed by atoms with E-state index in [1.807, 2.05) is 0 Å². The number of carbonyl (C=O) groups is 3. The van der Waals surface area contributed by atoms with Gasteiger partial charge in [0.2, 0.25) is 0 Å². The molecule has 4 heterocycles. The first kappa shape index (κ1) is 22.2. The maximum Gasteiger partial charge on any atom is 0.352 e. The summed E-state index contributed by atoms with van der Waals surface area (Å²) >= 11 is 3.86. The number of fused-ring (bicyclic) bond motifs is 1. The van der Waals surface area contributed by atoms with Crippen LogP contribution < -0.4 is 11.1 Å². The molecule has 168 valence electrons. The number of anilines is 1. The molecule has 2 aliphatic rings. The standard InChI is InChI=1S/C17H17N7O5S3/c1-29-23-9(8-6-31-16(18)21-8)12(25)22-10-13(26)24-11(15(27)28)7(4-30-14(10)24)5-32-17-19-2-3-20-17/h2-3,6,10,14H,4-5H2,1H3,(H2,18,21)(H,19,20)(H,22,25)(H,27,28)/t10-,14+/m1/s1. The third kappa shape index (κ3) is 4.18. The summed E-state index contributed by atoms with van der Waals surface area (Å²) in [6.07, 6.45) is 3.28. The number of aromatic nitrogens is 3. The van der Waals surface area contributed by atoms with Crippen LogP contribution in [-0.4, -0.2) is 78.5 Å². The van der Waals surface area contributed by atoms with Gasteiger partial charge in [-0.1, -0.05) is 16.9 Å². The molecule has 0 spiro atoms. The van der Waals surface area contributed by atoms with Crippen molar-refractivity contribution >= 4 is 63.5 Å². The fourth-order valence-electron chi connectivity index (χ4n) is 3.18. The number of thioether (sulfide) groups is 2. The van der Waals surface area contributed by atoms with Gasteiger partial charge in [-0.3, -0.25) is 14.5 Å². The Morgan fingerprint density at radius 2 is 2.34 bits per heavy atom. The van der Waals surface area contributed by atoms with Gasteiger partial charge >= 0.3 is 5.97 Å². The van der Waals surface area contributed by atoms with Crippen molar-refractivity contribution in [2.75, 3.05) is 24.3 Å². The summed E-state index contributed by atoms with van der Waals surface area (Å²) in [5.41, 5.74) is 6.27. The molecule has 0 unspecified atom stereocenters. The van der Waals surface area contributed by atoms with E-state index >= 15 is 0 Å². The Kier molecular flexibility index (Phi) is 6.38. The van der Waals surface area contributed by atoms with Crippen molar-refractivity contribution in [1.29, 1.82) is 0 Å². The van der Waals surface area contributed by atoms with Crippen molar-refractivity contribution < 1.29 is 24.3 Å². The van der Waals surface area contributed by atoms with Gasteiger partial charge in [-0.25, -0.2) is 14.8 Å². The predicted molar refractivity (Wildman–Crippen MR) is 119 cm³/mol. The Morgan fingerprint density at radius 3 is 2.97 bits per heavy atom. The number of amides is 2. The molecule has 32 heavy (non-hydrogen) atoms. The van der Waals surface area contributed by atoms with Gasteiger partial charge in [0.15, 0.2) is 16.0 Å². The Bertz CT molecular complexity index is 1110. The number of carbonyl (C=O) groups excluding carboxylic acids is 2. The highest BCUT2D eigenvalue weighted by atomic mass is 32.2. The van der Waals surface area contributed by atoms with Gasteiger partial charge in [0.05, 0.1) is 0 Å². The summed E-state index contributed by atoms with van der Waals surface area (Å²) in [5.74, 6) is -1.61. The number of thiazole rings is 1. The molecule has 0 aliphatic carbocycles. The summed E-state index contributed by atoms with van der Waals surface area (Å²) < 4.78 is 0. The molecule has 0 radical (unpaired) electrons. The number of nitrogens with zero attached hydrogens (tertiary/aromatic N) is 4. The molecule has 2 amide bonds. The molecular formula is C17H17N7O5S3. The van der Waals surface area contributed by atoms with Crippen LogP contribution in [0.15, 0.2) is 39.4 Å². The van der Waals surface area contributed by atoms with Crippen molar-refractivity contribution in [3.05, 3.63) is 34.7 Å². The molecule has 0 saturated carbocycles. The summed E-state index contributed by atoms with van der Waals surface area (Å²) in [6, 6.07) is -0.904. The second-order valence-corrected chi connectivity index (χ2v) is 9.45. The molecule has 2 atom stereocenters. The van der Waals surface area contributed by atoms with E-state index in [4.69, 9.17) is 10.6 Å². The van der Waals surface area contributed by atoms with E-state index in [1.165, 1.54) is 35.5 Å². The van der Waals surface area contributed by atoms with Crippen molar-refractivity contribution in [3.8, 4) is 0 Å². The zero-order valence-corrected chi connectivity index (χ0v) is 18.9. The van der Waals surface area contributed by atoms with Gasteiger partial charge in [-0.05, 0) is 5.57 Å². The number of nitrogen functional groups attached to an aromatic ring is 1. The number of H-pyrrole nitrogens is 1. The molecule has 5 N–H and O–H groups in total. The minimum atomic E-state index is -1.19. The van der Waals surface area contributed by atoms with Crippen LogP contribution in [0.1, 0.15) is 5.69 Å². The molecule has 2 aromatic rings. The largest absolute Gasteiger partial charge is 0.477 e. The smallest absolute Gasteiger partial charge is 0.352 e. The van der Waals surface area contributed by atoms with E-state index in [1.54, 1.807) is 17.8 Å². The number of oxime groups is 1. The predicted octanol–water partition coefficient (Wildman–Crippen LogP) is 0.330. The van der Waals surface area contributed by atoms with Crippen LogP contribution in [0.3, 0.4) is 0 Å². The molecule has 15 heteroatoms. The highest BCUT2D eigenvalue weighted by Gasteiger charge is 2.54. The molecule has 2 aromatic heterocycles. The number of nitrogens with two attached hydrogens (primary N) is 1. The number of nitrogens with one attached hydrogen (secondary N) is 2. The van der Waals surface area contributed by atoms with E-state index in [2.05, 4.69) is 25.4 Å². The second kappa shape index (κ2) is 9.22. The van der Waals surface area contributed by atoms with Crippen LogP contribution in [0.25, 0.3) is 0 Å². The number of β-lactam (4-membered cyclic amide) rings is 1. The van der Waals surface area contributed by atoms with Gasteiger partial charge in [-0.2, -0.15) is 0 Å². The summed E-state index contributed by atoms with van der Waals surface area (Å²) in [5, 5.41) is 18.0. The molecule has 2 aliphatic heterocycles. The first-order valence-corrected chi connectivity index (χ1v) is 12.0. The number of aromatic amines is 1. The third-order valence-electron chi connectivity index (χ3n) is 4.55. The number of carboxylic acid groups (broad SMARTS) is 1. The Morgan fingerprint density at radius 1 is 1.53 bits per heavy atom. The average Bonchev–Trinajstić information content (AvgIpc) is 3.45. The fourth-order valence-corrected chi connectivity index (χ4v) is 6.04. The summed E-state index contributed by atoms with van der Waals surface area (Å²) in [6.45, 7) is 0. The molecule has 12 nitrogen and oxygen atoms in total.